The SMILES string of the molecule is O=C(O)CSc1nc2sccc2c(=O)n1N1CCCCC1. The third-order valence-corrected chi connectivity index (χ3v) is 5.11. The van der Waals surface area contributed by atoms with Crippen LogP contribution in [-0.4, -0.2) is 39.6 Å². The molecule has 0 amide bonds. The zero-order chi connectivity index (χ0) is 14.8. The molecule has 1 fully saturated rings. The zero-order valence-electron chi connectivity index (χ0n) is 11.3. The molecule has 0 unspecified atom stereocenters. The minimum atomic E-state index is -0.911. The van der Waals surface area contributed by atoms with Crippen molar-refractivity contribution in [3.8, 4) is 0 Å². The van der Waals surface area contributed by atoms with E-state index < -0.39 is 5.97 Å². The first-order valence-corrected chi connectivity index (χ1v) is 8.63. The maximum absolute atomic E-state index is 12.7. The van der Waals surface area contributed by atoms with Gasteiger partial charge in [0.25, 0.3) is 5.56 Å². The molecule has 0 spiro atoms. The standard InChI is InChI=1S/C13H15N3O3S2/c17-10(18)8-21-13-14-11-9(4-7-20-11)12(19)16(13)15-5-2-1-3-6-15/h4,7H,1-3,5-6,8H2,(H,17,18). The Morgan fingerprint density at radius 1 is 1.38 bits per heavy atom. The van der Waals surface area contributed by atoms with Crippen LogP contribution in [0.2, 0.25) is 0 Å². The fraction of sp³-hybridized carbons (Fsp3) is 0.462. The summed E-state index contributed by atoms with van der Waals surface area (Å²) in [7, 11) is 0. The van der Waals surface area contributed by atoms with E-state index in [0.29, 0.717) is 15.4 Å². The van der Waals surface area contributed by atoms with E-state index in [-0.39, 0.29) is 11.3 Å². The number of hydrogen-bond donors (Lipinski definition) is 1. The number of aliphatic carboxylic acids is 1. The number of carboxylic acids is 1. The van der Waals surface area contributed by atoms with Gasteiger partial charge in [0.15, 0.2) is 5.16 Å². The van der Waals surface area contributed by atoms with Crippen molar-refractivity contribution < 1.29 is 9.90 Å². The molecule has 112 valence electrons. The Balaban J connectivity index is 2.08. The van der Waals surface area contributed by atoms with Crippen LogP contribution >= 0.6 is 23.1 Å². The van der Waals surface area contributed by atoms with Gasteiger partial charge in [0.2, 0.25) is 0 Å². The molecule has 0 aliphatic carbocycles. The molecule has 0 atom stereocenters. The summed E-state index contributed by atoms with van der Waals surface area (Å²) in [6, 6.07) is 1.78. The minimum absolute atomic E-state index is 0.100. The number of fused-ring (bicyclic) bond motifs is 1. The van der Waals surface area contributed by atoms with E-state index in [1.165, 1.54) is 11.3 Å². The largest absolute Gasteiger partial charge is 0.481 e. The van der Waals surface area contributed by atoms with Crippen molar-refractivity contribution in [2.45, 2.75) is 24.4 Å². The van der Waals surface area contributed by atoms with Crippen LogP contribution in [0.5, 0.6) is 0 Å². The first kappa shape index (κ1) is 14.4. The number of carboxylic acid groups (broad SMARTS) is 1. The van der Waals surface area contributed by atoms with Gasteiger partial charge in [-0.15, -0.1) is 11.3 Å². The van der Waals surface area contributed by atoms with Crippen LogP contribution in [0, 0.1) is 0 Å². The number of thioether (sulfide) groups is 1. The van der Waals surface area contributed by atoms with Crippen molar-refractivity contribution in [3.05, 3.63) is 21.8 Å². The molecular weight excluding hydrogens is 310 g/mol. The molecule has 8 heteroatoms. The lowest BCUT2D eigenvalue weighted by molar-refractivity contribution is -0.133. The van der Waals surface area contributed by atoms with Crippen LogP contribution in [0.3, 0.4) is 0 Å². The number of nitrogens with zero attached hydrogens (tertiary/aromatic N) is 3. The number of piperidine rings is 1. The van der Waals surface area contributed by atoms with Crippen LogP contribution in [0.4, 0.5) is 0 Å². The minimum Gasteiger partial charge on any atom is -0.481 e. The van der Waals surface area contributed by atoms with Gasteiger partial charge in [-0.05, 0) is 30.7 Å². The molecular formula is C13H15N3O3S2. The van der Waals surface area contributed by atoms with Crippen molar-refractivity contribution in [1.29, 1.82) is 0 Å². The molecule has 3 heterocycles. The van der Waals surface area contributed by atoms with Crippen LogP contribution in [0.15, 0.2) is 21.4 Å². The summed E-state index contributed by atoms with van der Waals surface area (Å²) >= 11 is 2.50. The van der Waals surface area contributed by atoms with Gasteiger partial charge in [-0.2, -0.15) is 4.68 Å². The predicted molar refractivity (Wildman–Crippen MR) is 84.0 cm³/mol. The summed E-state index contributed by atoms with van der Waals surface area (Å²) in [5.41, 5.74) is -0.101. The van der Waals surface area contributed by atoms with Crippen LogP contribution in [0.1, 0.15) is 19.3 Å². The first-order chi connectivity index (χ1) is 10.2. The zero-order valence-corrected chi connectivity index (χ0v) is 13.0. The first-order valence-electron chi connectivity index (χ1n) is 6.77. The summed E-state index contributed by atoms with van der Waals surface area (Å²) in [4.78, 5) is 28.6. The van der Waals surface area contributed by atoms with Gasteiger partial charge in [-0.3, -0.25) is 9.59 Å². The molecule has 1 aliphatic heterocycles. The molecule has 1 saturated heterocycles. The number of hydrogen-bond acceptors (Lipinski definition) is 6. The molecule has 0 bridgehead atoms. The van der Waals surface area contributed by atoms with E-state index in [9.17, 15) is 9.59 Å². The molecule has 2 aromatic rings. The second-order valence-electron chi connectivity index (χ2n) is 4.85. The highest BCUT2D eigenvalue weighted by Crippen LogP contribution is 2.22. The van der Waals surface area contributed by atoms with E-state index in [1.54, 1.807) is 10.7 Å². The van der Waals surface area contributed by atoms with Gasteiger partial charge in [0.05, 0.1) is 11.1 Å². The Kier molecular flexibility index (Phi) is 4.16. The smallest absolute Gasteiger partial charge is 0.313 e. The van der Waals surface area contributed by atoms with E-state index in [1.807, 2.05) is 10.4 Å². The Hall–Kier alpha value is -1.54. The van der Waals surface area contributed by atoms with Gasteiger partial charge < -0.3 is 10.1 Å². The van der Waals surface area contributed by atoms with E-state index in [4.69, 9.17) is 5.11 Å². The van der Waals surface area contributed by atoms with Crippen molar-refractivity contribution in [2.75, 3.05) is 23.9 Å². The highest BCUT2D eigenvalue weighted by atomic mass is 32.2. The Morgan fingerprint density at radius 2 is 2.14 bits per heavy atom. The Labute approximate surface area is 129 Å². The number of aromatic nitrogens is 2. The summed E-state index contributed by atoms with van der Waals surface area (Å²) in [6.07, 6.45) is 3.24. The molecule has 3 rings (SSSR count). The maximum Gasteiger partial charge on any atom is 0.313 e. The molecule has 1 N–H and O–H groups in total. The summed E-state index contributed by atoms with van der Waals surface area (Å²) < 4.78 is 1.57. The lowest BCUT2D eigenvalue weighted by atomic mass is 10.2. The second-order valence-corrected chi connectivity index (χ2v) is 6.68. The monoisotopic (exact) mass is 325 g/mol. The van der Waals surface area contributed by atoms with Crippen LogP contribution < -0.4 is 10.6 Å². The molecule has 0 aromatic carbocycles. The normalized spacial score (nSPS) is 15.5. The van der Waals surface area contributed by atoms with Gasteiger partial charge >= 0.3 is 5.97 Å². The fourth-order valence-electron chi connectivity index (χ4n) is 2.43. The van der Waals surface area contributed by atoms with Crippen molar-refractivity contribution in [2.24, 2.45) is 0 Å². The van der Waals surface area contributed by atoms with Gasteiger partial charge in [0, 0.05) is 13.1 Å². The molecule has 21 heavy (non-hydrogen) atoms. The molecule has 6 nitrogen and oxygen atoms in total. The van der Waals surface area contributed by atoms with E-state index >= 15 is 0 Å². The highest BCUT2D eigenvalue weighted by molar-refractivity contribution is 7.99. The van der Waals surface area contributed by atoms with Gasteiger partial charge in [0.1, 0.15) is 4.83 Å². The summed E-state index contributed by atoms with van der Waals surface area (Å²) in [5.74, 6) is -1.01. The number of thiophene rings is 1. The quantitative estimate of drug-likeness (QED) is 0.682. The topological polar surface area (TPSA) is 75.4 Å². The average molecular weight is 325 g/mol. The number of rotatable bonds is 4. The maximum atomic E-state index is 12.7. The third-order valence-electron chi connectivity index (χ3n) is 3.39. The van der Waals surface area contributed by atoms with Crippen molar-refractivity contribution in [3.63, 3.8) is 0 Å². The summed E-state index contributed by atoms with van der Waals surface area (Å²) in [5, 5.41) is 13.8. The molecule has 0 saturated carbocycles. The third kappa shape index (κ3) is 2.91. The lowest BCUT2D eigenvalue weighted by Gasteiger charge is -2.31. The number of carbonyl (C=O) groups is 1. The Morgan fingerprint density at radius 3 is 2.86 bits per heavy atom. The van der Waals surface area contributed by atoms with Crippen LogP contribution in [-0.2, 0) is 4.79 Å². The van der Waals surface area contributed by atoms with E-state index in [2.05, 4.69) is 4.98 Å². The van der Waals surface area contributed by atoms with Crippen LogP contribution in [0.25, 0.3) is 10.2 Å². The molecule has 2 aromatic heterocycles. The van der Waals surface area contributed by atoms with Gasteiger partial charge in [-0.1, -0.05) is 11.8 Å². The van der Waals surface area contributed by atoms with E-state index in [0.717, 1.165) is 44.1 Å². The predicted octanol–water partition coefficient (Wildman–Crippen LogP) is 1.76. The second kappa shape index (κ2) is 6.07. The highest BCUT2D eigenvalue weighted by Gasteiger charge is 2.20. The average Bonchev–Trinajstić information content (AvgIpc) is 2.95. The van der Waals surface area contributed by atoms with Crippen molar-refractivity contribution >= 4 is 39.3 Å². The lowest BCUT2D eigenvalue weighted by Crippen LogP contribution is -2.46. The van der Waals surface area contributed by atoms with Crippen molar-refractivity contribution in [1.82, 2.24) is 9.66 Å². The molecule has 1 aliphatic rings. The Bertz CT molecular complexity index is 719. The fourth-order valence-corrected chi connectivity index (χ4v) is 3.97. The summed E-state index contributed by atoms with van der Waals surface area (Å²) in [6.45, 7) is 1.61. The molecule has 0 radical (unpaired) electrons. The van der Waals surface area contributed by atoms with Gasteiger partial charge in [-0.25, -0.2) is 4.98 Å².